The Labute approximate surface area is 95.1 Å². The Balaban J connectivity index is 0.000000245. The summed E-state index contributed by atoms with van der Waals surface area (Å²) in [5.74, 6) is 0. The van der Waals surface area contributed by atoms with Crippen LogP contribution in [0.5, 0.6) is 0 Å². The van der Waals surface area contributed by atoms with Crippen LogP contribution in [0.4, 0.5) is 0 Å². The molecule has 0 N–H and O–H groups in total. The van der Waals surface area contributed by atoms with E-state index in [1.54, 1.807) is 5.57 Å². The molecule has 0 saturated heterocycles. The molecule has 0 fully saturated rings. The molecule has 0 nitrogen and oxygen atoms in total. The minimum Gasteiger partial charge on any atom is -0.0805 e. The van der Waals surface area contributed by atoms with Crippen LogP contribution in [0.25, 0.3) is 0 Å². The second kappa shape index (κ2) is 8.28. The molecule has 0 aliphatic heterocycles. The van der Waals surface area contributed by atoms with Gasteiger partial charge in [-0.3, -0.25) is 0 Å². The number of hydrogen-bond donors (Lipinski definition) is 0. The molecule has 0 radical (unpaired) electrons. The molecule has 84 valence electrons. The average Bonchev–Trinajstić information content (AvgIpc) is 2.92. The van der Waals surface area contributed by atoms with Crippen molar-refractivity contribution in [3.05, 3.63) is 47.6 Å². The van der Waals surface area contributed by atoms with Gasteiger partial charge in [0, 0.05) is 0 Å². The predicted molar refractivity (Wildman–Crippen MR) is 71.0 cm³/mol. The Morgan fingerprint density at radius 2 is 1.93 bits per heavy atom. The Kier molecular flexibility index (Phi) is 7.71. The minimum atomic E-state index is 0. The molecule has 2 rings (SSSR count). The van der Waals surface area contributed by atoms with Crippen molar-refractivity contribution in [1.82, 2.24) is 0 Å². The third-order valence-electron chi connectivity index (χ3n) is 2.56. The molecule has 0 aromatic heterocycles. The third kappa shape index (κ3) is 5.41. The summed E-state index contributed by atoms with van der Waals surface area (Å²) in [5, 5.41) is 0. The van der Waals surface area contributed by atoms with Crippen molar-refractivity contribution in [2.24, 2.45) is 0 Å². The van der Waals surface area contributed by atoms with Gasteiger partial charge in [0.2, 0.25) is 0 Å². The highest BCUT2D eigenvalue weighted by Crippen LogP contribution is 2.12. The first-order chi connectivity index (χ1) is 6.86. The maximum absolute atomic E-state index is 2.26. The minimum absolute atomic E-state index is 0. The van der Waals surface area contributed by atoms with Gasteiger partial charge < -0.3 is 0 Å². The monoisotopic (exact) mass is 204 g/mol. The van der Waals surface area contributed by atoms with Crippen LogP contribution in [0.15, 0.2) is 47.6 Å². The molecule has 0 amide bonds. The average molecular weight is 204 g/mol. The molecule has 0 aromatic carbocycles. The number of hydrogen-bond acceptors (Lipinski definition) is 0. The fourth-order valence-electron chi connectivity index (χ4n) is 1.52. The summed E-state index contributed by atoms with van der Waals surface area (Å²) in [6.45, 7) is 4.38. The fraction of sp³-hybridized carbons (Fsp3) is 0.467. The summed E-state index contributed by atoms with van der Waals surface area (Å²) in [6, 6.07) is 0. The zero-order valence-electron chi connectivity index (χ0n) is 9.29. The molecule has 0 saturated carbocycles. The smallest absolute Gasteiger partial charge is 0.0133 e. The van der Waals surface area contributed by atoms with E-state index in [-0.39, 0.29) is 7.43 Å². The van der Waals surface area contributed by atoms with E-state index in [0.717, 1.165) is 6.42 Å². The topological polar surface area (TPSA) is 0 Å². The molecule has 0 atom stereocenters. The second-order valence-corrected chi connectivity index (χ2v) is 3.58. The van der Waals surface area contributed by atoms with E-state index >= 15 is 0 Å². The van der Waals surface area contributed by atoms with Crippen molar-refractivity contribution in [3.8, 4) is 0 Å². The first kappa shape index (κ1) is 14.0. The van der Waals surface area contributed by atoms with Crippen LogP contribution in [0.3, 0.4) is 0 Å². The Bertz CT molecular complexity index is 274. The van der Waals surface area contributed by atoms with Crippen molar-refractivity contribution in [2.45, 2.75) is 47.0 Å². The maximum Gasteiger partial charge on any atom is -0.0133 e. The fourth-order valence-corrected chi connectivity index (χ4v) is 1.52. The lowest BCUT2D eigenvalue weighted by Crippen LogP contribution is -1.68. The third-order valence-corrected chi connectivity index (χ3v) is 2.56. The van der Waals surface area contributed by atoms with Gasteiger partial charge >= 0.3 is 0 Å². The highest BCUT2D eigenvalue weighted by atomic mass is 14.0. The van der Waals surface area contributed by atoms with Gasteiger partial charge in [-0.05, 0) is 25.7 Å². The van der Waals surface area contributed by atoms with Crippen molar-refractivity contribution in [1.29, 1.82) is 0 Å². The van der Waals surface area contributed by atoms with E-state index < -0.39 is 0 Å². The first-order valence-electron chi connectivity index (χ1n) is 5.57. The van der Waals surface area contributed by atoms with E-state index in [1.807, 2.05) is 0 Å². The molecular weight excluding hydrogens is 180 g/mol. The molecule has 0 unspecified atom stereocenters. The van der Waals surface area contributed by atoms with Crippen LogP contribution in [0.1, 0.15) is 47.0 Å². The predicted octanol–water partition coefficient (Wildman–Crippen LogP) is 5.20. The van der Waals surface area contributed by atoms with Gasteiger partial charge in [-0.15, -0.1) is 0 Å². The van der Waals surface area contributed by atoms with Gasteiger partial charge in [0.1, 0.15) is 0 Å². The summed E-state index contributed by atoms with van der Waals surface area (Å²) in [6.07, 6.45) is 17.9. The van der Waals surface area contributed by atoms with E-state index in [4.69, 9.17) is 0 Å². The standard InChI is InChI=1S/2C7H10.CH4/c2*1-2-7-5-3-4-6-7;/h3,5-6H,2,4H2,1H3;3-5H,2,6H2,1H3;1H4. The van der Waals surface area contributed by atoms with Gasteiger partial charge in [-0.2, -0.15) is 0 Å². The van der Waals surface area contributed by atoms with Crippen molar-refractivity contribution < 1.29 is 0 Å². The SMILES string of the molecule is C.CCC1=CC=CC1.CCC1=CCC=C1. The van der Waals surface area contributed by atoms with Gasteiger partial charge in [0.25, 0.3) is 0 Å². The van der Waals surface area contributed by atoms with Crippen molar-refractivity contribution >= 4 is 0 Å². The Morgan fingerprint density at radius 3 is 2.20 bits per heavy atom. The van der Waals surface area contributed by atoms with Crippen LogP contribution in [-0.2, 0) is 0 Å². The van der Waals surface area contributed by atoms with Crippen molar-refractivity contribution in [3.63, 3.8) is 0 Å². The van der Waals surface area contributed by atoms with E-state index in [0.29, 0.717) is 0 Å². The van der Waals surface area contributed by atoms with Crippen LogP contribution >= 0.6 is 0 Å². The molecule has 0 heteroatoms. The zero-order valence-corrected chi connectivity index (χ0v) is 9.29. The maximum atomic E-state index is 2.26. The molecule has 2 aliphatic carbocycles. The van der Waals surface area contributed by atoms with Crippen LogP contribution in [0.2, 0.25) is 0 Å². The lowest BCUT2D eigenvalue weighted by molar-refractivity contribution is 1.05. The summed E-state index contributed by atoms with van der Waals surface area (Å²) >= 11 is 0. The van der Waals surface area contributed by atoms with Gasteiger partial charge in [-0.25, -0.2) is 0 Å². The quantitative estimate of drug-likeness (QED) is 0.580. The summed E-state index contributed by atoms with van der Waals surface area (Å²) in [4.78, 5) is 0. The molecular formula is C15H24. The Morgan fingerprint density at radius 1 is 1.13 bits per heavy atom. The molecule has 0 spiro atoms. The second-order valence-electron chi connectivity index (χ2n) is 3.58. The van der Waals surface area contributed by atoms with Gasteiger partial charge in [0.05, 0.1) is 0 Å². The van der Waals surface area contributed by atoms with Crippen LogP contribution < -0.4 is 0 Å². The van der Waals surface area contributed by atoms with E-state index in [1.165, 1.54) is 24.8 Å². The highest BCUT2D eigenvalue weighted by molar-refractivity contribution is 5.25. The first-order valence-corrected chi connectivity index (χ1v) is 5.57. The van der Waals surface area contributed by atoms with Crippen LogP contribution in [0, 0.1) is 0 Å². The van der Waals surface area contributed by atoms with E-state index in [2.05, 4.69) is 50.3 Å². The normalized spacial score (nSPS) is 16.4. The summed E-state index contributed by atoms with van der Waals surface area (Å²) in [7, 11) is 0. The number of allylic oxidation sites excluding steroid dienone is 8. The lowest BCUT2D eigenvalue weighted by Gasteiger charge is -1.88. The van der Waals surface area contributed by atoms with Crippen molar-refractivity contribution in [2.75, 3.05) is 0 Å². The molecule has 2 aliphatic rings. The highest BCUT2D eigenvalue weighted by Gasteiger charge is 1.92. The summed E-state index contributed by atoms with van der Waals surface area (Å²) < 4.78 is 0. The van der Waals surface area contributed by atoms with E-state index in [9.17, 15) is 0 Å². The largest absolute Gasteiger partial charge is 0.0805 e. The van der Waals surface area contributed by atoms with Gasteiger partial charge in [0.15, 0.2) is 0 Å². The molecule has 0 aromatic rings. The number of rotatable bonds is 2. The molecule has 0 bridgehead atoms. The lowest BCUT2D eigenvalue weighted by atomic mass is 10.2. The Hall–Kier alpha value is -1.04. The van der Waals surface area contributed by atoms with Crippen LogP contribution in [-0.4, -0.2) is 0 Å². The zero-order chi connectivity index (χ0) is 10.2. The summed E-state index contributed by atoms with van der Waals surface area (Å²) in [5.41, 5.74) is 3.04. The molecule has 0 heterocycles. The molecule has 15 heavy (non-hydrogen) atoms. The van der Waals surface area contributed by atoms with Gasteiger partial charge in [-0.1, -0.05) is 68.9 Å².